The third kappa shape index (κ3) is 4.22. The van der Waals surface area contributed by atoms with Gasteiger partial charge in [-0.2, -0.15) is 0 Å². The zero-order valence-electron chi connectivity index (χ0n) is 17.2. The zero-order valence-corrected chi connectivity index (χ0v) is 18.0. The summed E-state index contributed by atoms with van der Waals surface area (Å²) in [7, 11) is 0. The minimum atomic E-state index is -0.0875. The number of nitrogens with one attached hydrogen (secondary N) is 1. The van der Waals surface area contributed by atoms with Crippen molar-refractivity contribution < 1.29 is 4.79 Å². The van der Waals surface area contributed by atoms with Gasteiger partial charge < -0.3 is 10.2 Å². The summed E-state index contributed by atoms with van der Waals surface area (Å²) in [5.41, 5.74) is 5.17. The summed E-state index contributed by atoms with van der Waals surface area (Å²) in [6.07, 6.45) is 2.93. The van der Waals surface area contributed by atoms with Crippen molar-refractivity contribution in [2.24, 2.45) is 4.99 Å². The minimum absolute atomic E-state index is 0.0875. The Kier molecular flexibility index (Phi) is 5.80. The minimum Gasteiger partial charge on any atom is -0.366 e. The van der Waals surface area contributed by atoms with Gasteiger partial charge in [-0.05, 0) is 75.1 Å². The van der Waals surface area contributed by atoms with Crippen LogP contribution in [0, 0.1) is 0 Å². The van der Waals surface area contributed by atoms with Gasteiger partial charge in [0.2, 0.25) is 5.91 Å². The fraction of sp³-hybridized carbons (Fsp3) is 0.391. The summed E-state index contributed by atoms with van der Waals surface area (Å²) in [6.45, 7) is 11.5. The Morgan fingerprint density at radius 1 is 1.32 bits per heavy atom. The highest BCUT2D eigenvalue weighted by molar-refractivity contribution is 6.33. The van der Waals surface area contributed by atoms with Gasteiger partial charge in [0.25, 0.3) is 0 Å². The fourth-order valence-electron chi connectivity index (χ4n) is 4.20. The summed E-state index contributed by atoms with van der Waals surface area (Å²) in [5, 5.41) is 3.46. The molecule has 1 N–H and O–H groups in total. The second kappa shape index (κ2) is 7.96. The van der Waals surface area contributed by atoms with Crippen LogP contribution in [0.5, 0.6) is 0 Å². The normalized spacial score (nSPS) is 18.2. The molecule has 5 heteroatoms. The molecule has 1 aliphatic rings. The smallest absolute Gasteiger partial charge is 0.221 e. The van der Waals surface area contributed by atoms with E-state index in [-0.39, 0.29) is 11.4 Å². The van der Waals surface area contributed by atoms with Crippen LogP contribution in [-0.4, -0.2) is 24.2 Å². The molecule has 0 radical (unpaired) electrons. The van der Waals surface area contributed by atoms with Crippen molar-refractivity contribution in [2.45, 2.75) is 52.5 Å². The Morgan fingerprint density at radius 2 is 2.00 bits per heavy atom. The molecule has 0 fully saturated rings. The number of nitrogens with zero attached hydrogens (tertiary/aromatic N) is 2. The fourth-order valence-corrected chi connectivity index (χ4v) is 4.40. The average Bonchev–Trinajstić information content (AvgIpc) is 2.60. The molecule has 0 bridgehead atoms. The lowest BCUT2D eigenvalue weighted by atomic mass is 9.79. The monoisotopic (exact) mass is 397 g/mol. The van der Waals surface area contributed by atoms with Crippen molar-refractivity contribution in [2.75, 3.05) is 16.8 Å². The number of hydrogen-bond acceptors (Lipinski definition) is 3. The molecule has 0 aromatic heterocycles. The summed E-state index contributed by atoms with van der Waals surface area (Å²) in [6, 6.07) is 11.7. The SMILES string of the molecule is CCN1c2cc(Cl)c(C=Nc3ccc(NC(C)=O)cc3)cc2C(C)CC1(C)C. The number of halogens is 1. The molecule has 3 rings (SSSR count). The number of aliphatic imine (C=N–C) groups is 1. The number of carbonyl (C=O) groups excluding carboxylic acids is 1. The first-order chi connectivity index (χ1) is 13.2. The molecule has 0 saturated heterocycles. The van der Waals surface area contributed by atoms with Gasteiger partial charge in [-0.25, -0.2) is 0 Å². The maximum atomic E-state index is 11.1. The van der Waals surface area contributed by atoms with Crippen molar-refractivity contribution in [3.05, 3.63) is 52.5 Å². The van der Waals surface area contributed by atoms with Crippen molar-refractivity contribution in [3.63, 3.8) is 0 Å². The molecule has 2 aromatic carbocycles. The van der Waals surface area contributed by atoms with Crippen LogP contribution in [0.25, 0.3) is 0 Å². The second-order valence-corrected chi connectivity index (χ2v) is 8.49. The number of amides is 1. The molecule has 2 aromatic rings. The van der Waals surface area contributed by atoms with E-state index in [1.807, 2.05) is 30.5 Å². The average molecular weight is 398 g/mol. The van der Waals surface area contributed by atoms with Crippen LogP contribution in [0.2, 0.25) is 5.02 Å². The highest BCUT2D eigenvalue weighted by Crippen LogP contribution is 2.44. The number of hydrogen-bond donors (Lipinski definition) is 1. The molecular weight excluding hydrogens is 370 g/mol. The predicted octanol–water partition coefficient (Wildman–Crippen LogP) is 6.16. The van der Waals surface area contributed by atoms with Crippen LogP contribution in [0.4, 0.5) is 17.1 Å². The van der Waals surface area contributed by atoms with Gasteiger partial charge in [-0.15, -0.1) is 0 Å². The summed E-state index contributed by atoms with van der Waals surface area (Å²) < 4.78 is 0. The number of rotatable bonds is 4. The molecular formula is C23H28ClN3O. The molecule has 148 valence electrons. The van der Waals surface area contributed by atoms with Crippen molar-refractivity contribution in [1.29, 1.82) is 0 Å². The summed E-state index contributed by atoms with van der Waals surface area (Å²) >= 11 is 6.61. The van der Waals surface area contributed by atoms with Crippen molar-refractivity contribution in [1.82, 2.24) is 0 Å². The van der Waals surface area contributed by atoms with E-state index in [2.05, 4.69) is 55.0 Å². The molecule has 1 heterocycles. The van der Waals surface area contributed by atoms with Gasteiger partial charge in [0, 0.05) is 42.2 Å². The third-order valence-electron chi connectivity index (χ3n) is 5.36. The first-order valence-corrected chi connectivity index (χ1v) is 10.1. The number of benzene rings is 2. The van der Waals surface area contributed by atoms with Crippen LogP contribution in [0.3, 0.4) is 0 Å². The van der Waals surface area contributed by atoms with E-state index in [9.17, 15) is 4.79 Å². The van der Waals surface area contributed by atoms with Gasteiger partial charge in [-0.3, -0.25) is 9.79 Å². The van der Waals surface area contributed by atoms with Crippen LogP contribution in [0.1, 0.15) is 58.1 Å². The van der Waals surface area contributed by atoms with E-state index in [4.69, 9.17) is 11.6 Å². The molecule has 4 nitrogen and oxygen atoms in total. The maximum Gasteiger partial charge on any atom is 0.221 e. The molecule has 0 saturated carbocycles. The van der Waals surface area contributed by atoms with Crippen molar-refractivity contribution in [3.8, 4) is 0 Å². The Hall–Kier alpha value is -2.33. The van der Waals surface area contributed by atoms with Gasteiger partial charge >= 0.3 is 0 Å². The van der Waals surface area contributed by atoms with Crippen LogP contribution >= 0.6 is 11.6 Å². The van der Waals surface area contributed by atoms with E-state index >= 15 is 0 Å². The van der Waals surface area contributed by atoms with Crippen LogP contribution in [-0.2, 0) is 4.79 Å². The lowest BCUT2D eigenvalue weighted by molar-refractivity contribution is -0.114. The Labute approximate surface area is 172 Å². The van der Waals surface area contributed by atoms with E-state index in [0.717, 1.165) is 29.9 Å². The number of carbonyl (C=O) groups is 1. The topological polar surface area (TPSA) is 44.7 Å². The van der Waals surface area contributed by atoms with E-state index in [1.165, 1.54) is 18.2 Å². The summed E-state index contributed by atoms with van der Waals surface area (Å²) in [4.78, 5) is 18.1. The van der Waals surface area contributed by atoms with E-state index in [1.54, 1.807) is 0 Å². The Bertz CT molecular complexity index is 903. The molecule has 1 unspecified atom stereocenters. The first-order valence-electron chi connectivity index (χ1n) is 9.74. The molecule has 28 heavy (non-hydrogen) atoms. The Morgan fingerprint density at radius 3 is 2.61 bits per heavy atom. The summed E-state index contributed by atoms with van der Waals surface area (Å²) in [5.74, 6) is 0.379. The molecule has 1 atom stereocenters. The molecule has 0 aliphatic carbocycles. The quantitative estimate of drug-likeness (QED) is 0.627. The second-order valence-electron chi connectivity index (χ2n) is 8.08. The predicted molar refractivity (Wildman–Crippen MR) is 120 cm³/mol. The van der Waals surface area contributed by atoms with Crippen LogP contribution < -0.4 is 10.2 Å². The Balaban J connectivity index is 1.89. The molecule has 1 aliphatic heterocycles. The van der Waals surface area contributed by atoms with Gasteiger partial charge in [0.05, 0.1) is 10.7 Å². The standard InChI is InChI=1S/C23H28ClN3O/c1-6-27-22-12-21(24)17(11-20(22)15(2)13-23(27,4)5)14-25-18-7-9-19(10-8-18)26-16(3)28/h7-12,14-15H,6,13H2,1-5H3,(H,26,28). The zero-order chi connectivity index (χ0) is 20.5. The molecule has 1 amide bonds. The van der Waals surface area contributed by atoms with Gasteiger partial charge in [0.1, 0.15) is 0 Å². The lowest BCUT2D eigenvalue weighted by Crippen LogP contribution is -2.48. The van der Waals surface area contributed by atoms with Crippen LogP contribution in [0.15, 0.2) is 41.4 Å². The van der Waals surface area contributed by atoms with E-state index < -0.39 is 0 Å². The van der Waals surface area contributed by atoms with E-state index in [0.29, 0.717) is 10.9 Å². The maximum absolute atomic E-state index is 11.1. The number of fused-ring (bicyclic) bond motifs is 1. The van der Waals surface area contributed by atoms with Gasteiger partial charge in [-0.1, -0.05) is 18.5 Å². The third-order valence-corrected chi connectivity index (χ3v) is 5.69. The first kappa shape index (κ1) is 20.4. The highest BCUT2D eigenvalue weighted by Gasteiger charge is 2.35. The largest absolute Gasteiger partial charge is 0.366 e. The van der Waals surface area contributed by atoms with Gasteiger partial charge in [0.15, 0.2) is 0 Å². The molecule has 0 spiro atoms. The lowest BCUT2D eigenvalue weighted by Gasteiger charge is -2.47. The highest BCUT2D eigenvalue weighted by atomic mass is 35.5. The van der Waals surface area contributed by atoms with Crippen molar-refractivity contribution >= 4 is 40.8 Å². The number of anilines is 2.